The molecule has 0 amide bonds. The molecule has 1 atom stereocenters. The van der Waals surface area contributed by atoms with Crippen molar-refractivity contribution >= 4 is 5.96 Å². The maximum atomic E-state index is 4.57. The molecule has 2 heterocycles. The topological polar surface area (TPSA) is 30.9 Å². The Morgan fingerprint density at radius 3 is 2.45 bits per heavy atom. The van der Waals surface area contributed by atoms with Gasteiger partial charge in [-0.15, -0.1) is 0 Å². The van der Waals surface area contributed by atoms with Crippen LogP contribution in [0.25, 0.3) is 0 Å². The van der Waals surface area contributed by atoms with E-state index in [2.05, 4.69) is 27.0 Å². The van der Waals surface area contributed by atoms with E-state index in [1.165, 1.54) is 77.5 Å². The molecule has 126 valence electrons. The molecule has 2 aliphatic heterocycles. The molecule has 1 unspecified atom stereocenters. The lowest BCUT2D eigenvalue weighted by Crippen LogP contribution is -2.47. The zero-order valence-electron chi connectivity index (χ0n) is 14.6. The lowest BCUT2D eigenvalue weighted by Gasteiger charge is -2.30. The summed E-state index contributed by atoms with van der Waals surface area (Å²) in [6, 6.07) is 0.669. The van der Waals surface area contributed by atoms with E-state index in [9.17, 15) is 0 Å². The van der Waals surface area contributed by atoms with Gasteiger partial charge in [0, 0.05) is 32.7 Å². The number of rotatable bonds is 4. The smallest absolute Gasteiger partial charge is 0.193 e. The molecule has 0 radical (unpaired) electrons. The van der Waals surface area contributed by atoms with Gasteiger partial charge in [-0.3, -0.25) is 9.89 Å². The van der Waals surface area contributed by atoms with Crippen LogP contribution < -0.4 is 5.32 Å². The zero-order valence-corrected chi connectivity index (χ0v) is 14.6. The third-order valence-electron chi connectivity index (χ3n) is 6.24. The summed E-state index contributed by atoms with van der Waals surface area (Å²) < 4.78 is 0. The largest absolute Gasteiger partial charge is 0.355 e. The van der Waals surface area contributed by atoms with Gasteiger partial charge in [-0.1, -0.05) is 19.8 Å². The molecule has 1 spiro atoms. The molecule has 4 nitrogen and oxygen atoms in total. The average molecular weight is 306 g/mol. The summed E-state index contributed by atoms with van der Waals surface area (Å²) >= 11 is 0. The minimum atomic E-state index is 0.622. The molecule has 3 rings (SSSR count). The summed E-state index contributed by atoms with van der Waals surface area (Å²) in [6.07, 6.45) is 11.1. The van der Waals surface area contributed by atoms with E-state index in [-0.39, 0.29) is 0 Å². The molecule has 0 aromatic heterocycles. The maximum Gasteiger partial charge on any atom is 0.193 e. The Kier molecular flexibility index (Phi) is 5.27. The molecule has 4 heteroatoms. The number of nitrogens with zero attached hydrogens (tertiary/aromatic N) is 3. The van der Waals surface area contributed by atoms with Crippen molar-refractivity contribution in [1.82, 2.24) is 15.1 Å². The minimum absolute atomic E-state index is 0.622. The highest BCUT2D eigenvalue weighted by molar-refractivity contribution is 5.80. The van der Waals surface area contributed by atoms with E-state index in [1.54, 1.807) is 0 Å². The van der Waals surface area contributed by atoms with Crippen LogP contribution in [-0.4, -0.2) is 61.6 Å². The quantitative estimate of drug-likeness (QED) is 0.640. The lowest BCUT2D eigenvalue weighted by molar-refractivity contribution is 0.234. The van der Waals surface area contributed by atoms with Crippen LogP contribution in [-0.2, 0) is 0 Å². The molecule has 0 aromatic carbocycles. The summed E-state index contributed by atoms with van der Waals surface area (Å²) in [6.45, 7) is 8.36. The van der Waals surface area contributed by atoms with E-state index in [0.29, 0.717) is 11.5 Å². The molecule has 1 saturated carbocycles. The fourth-order valence-corrected chi connectivity index (χ4v) is 4.83. The fraction of sp³-hybridized carbons (Fsp3) is 0.944. The Morgan fingerprint density at radius 1 is 1.09 bits per heavy atom. The van der Waals surface area contributed by atoms with Crippen molar-refractivity contribution in [3.63, 3.8) is 0 Å². The van der Waals surface area contributed by atoms with E-state index >= 15 is 0 Å². The SMILES string of the molecule is CCC(CNC(=NC)N1CCC2(CCCC2)C1)N1CCCC1. The Balaban J connectivity index is 1.51. The van der Waals surface area contributed by atoms with Gasteiger partial charge in [0.25, 0.3) is 0 Å². The third-order valence-corrected chi connectivity index (χ3v) is 6.24. The molecular formula is C18H34N4. The standard InChI is InChI=1S/C18H34N4/c1-3-16(21-11-6-7-12-21)14-20-17(19-2)22-13-10-18(15-22)8-4-5-9-18/h16H,3-15H2,1-2H3,(H,19,20). The van der Waals surface area contributed by atoms with Crippen LogP contribution in [0.1, 0.15) is 58.3 Å². The second kappa shape index (κ2) is 7.20. The van der Waals surface area contributed by atoms with Gasteiger partial charge in [0.05, 0.1) is 0 Å². The normalized spacial score (nSPS) is 27.0. The van der Waals surface area contributed by atoms with Crippen molar-refractivity contribution in [2.75, 3.05) is 39.8 Å². The van der Waals surface area contributed by atoms with Gasteiger partial charge in [-0.2, -0.15) is 0 Å². The molecule has 2 saturated heterocycles. The Labute approximate surface area is 136 Å². The number of nitrogens with one attached hydrogen (secondary N) is 1. The summed E-state index contributed by atoms with van der Waals surface area (Å²) in [5.41, 5.74) is 0.622. The fourth-order valence-electron chi connectivity index (χ4n) is 4.83. The molecule has 3 aliphatic rings. The highest BCUT2D eigenvalue weighted by atomic mass is 15.3. The summed E-state index contributed by atoms with van der Waals surface area (Å²) in [5, 5.41) is 3.68. The molecule has 1 N–H and O–H groups in total. The van der Waals surface area contributed by atoms with Gasteiger partial charge in [-0.05, 0) is 57.0 Å². The van der Waals surface area contributed by atoms with Crippen LogP contribution >= 0.6 is 0 Å². The molecule has 1 aliphatic carbocycles. The number of hydrogen-bond acceptors (Lipinski definition) is 2. The van der Waals surface area contributed by atoms with E-state index in [0.717, 1.165) is 12.5 Å². The molecule has 3 fully saturated rings. The first-order chi connectivity index (χ1) is 10.8. The molecule has 22 heavy (non-hydrogen) atoms. The van der Waals surface area contributed by atoms with E-state index in [4.69, 9.17) is 0 Å². The van der Waals surface area contributed by atoms with Gasteiger partial charge in [0.2, 0.25) is 0 Å². The monoisotopic (exact) mass is 306 g/mol. The van der Waals surface area contributed by atoms with Crippen LogP contribution in [0, 0.1) is 5.41 Å². The highest BCUT2D eigenvalue weighted by Gasteiger charge is 2.41. The summed E-state index contributed by atoms with van der Waals surface area (Å²) in [7, 11) is 1.94. The Morgan fingerprint density at radius 2 is 1.82 bits per heavy atom. The molecule has 0 bridgehead atoms. The second-order valence-corrected chi connectivity index (χ2v) is 7.61. The minimum Gasteiger partial charge on any atom is -0.355 e. The van der Waals surface area contributed by atoms with Crippen molar-refractivity contribution in [3.8, 4) is 0 Å². The molecular weight excluding hydrogens is 272 g/mol. The molecule has 0 aromatic rings. The lowest BCUT2D eigenvalue weighted by atomic mass is 9.86. The van der Waals surface area contributed by atoms with Crippen LogP contribution in [0.15, 0.2) is 4.99 Å². The van der Waals surface area contributed by atoms with Gasteiger partial charge in [0.1, 0.15) is 0 Å². The average Bonchev–Trinajstić information content (AvgIpc) is 3.28. The second-order valence-electron chi connectivity index (χ2n) is 7.61. The van der Waals surface area contributed by atoms with Crippen molar-refractivity contribution in [2.24, 2.45) is 10.4 Å². The number of hydrogen-bond donors (Lipinski definition) is 1. The van der Waals surface area contributed by atoms with Gasteiger partial charge in [-0.25, -0.2) is 0 Å². The Bertz CT molecular complexity index is 381. The van der Waals surface area contributed by atoms with Gasteiger partial charge >= 0.3 is 0 Å². The zero-order chi connectivity index (χ0) is 15.4. The van der Waals surface area contributed by atoms with Gasteiger partial charge < -0.3 is 10.2 Å². The predicted molar refractivity (Wildman–Crippen MR) is 93.3 cm³/mol. The van der Waals surface area contributed by atoms with Crippen molar-refractivity contribution in [3.05, 3.63) is 0 Å². The van der Waals surface area contributed by atoms with E-state index in [1.807, 2.05) is 7.05 Å². The highest BCUT2D eigenvalue weighted by Crippen LogP contribution is 2.45. The van der Waals surface area contributed by atoms with Crippen LogP contribution in [0.3, 0.4) is 0 Å². The summed E-state index contributed by atoms with van der Waals surface area (Å²) in [5.74, 6) is 1.14. The van der Waals surface area contributed by atoms with Crippen molar-refractivity contribution in [2.45, 2.75) is 64.3 Å². The van der Waals surface area contributed by atoms with Gasteiger partial charge in [0.15, 0.2) is 5.96 Å². The van der Waals surface area contributed by atoms with Crippen LogP contribution in [0.2, 0.25) is 0 Å². The maximum absolute atomic E-state index is 4.57. The first-order valence-corrected chi connectivity index (χ1v) is 9.46. The summed E-state index contributed by atoms with van der Waals surface area (Å²) in [4.78, 5) is 9.74. The van der Waals surface area contributed by atoms with Crippen molar-refractivity contribution in [1.29, 1.82) is 0 Å². The number of likely N-dealkylation sites (tertiary alicyclic amines) is 2. The Hall–Kier alpha value is -0.770. The predicted octanol–water partition coefficient (Wildman–Crippen LogP) is 2.70. The first-order valence-electron chi connectivity index (χ1n) is 9.46. The van der Waals surface area contributed by atoms with E-state index < -0.39 is 0 Å². The van der Waals surface area contributed by atoms with Crippen molar-refractivity contribution < 1.29 is 0 Å². The third kappa shape index (κ3) is 3.42. The number of aliphatic imine (C=N–C) groups is 1. The number of guanidine groups is 1. The van der Waals surface area contributed by atoms with Crippen LogP contribution in [0.4, 0.5) is 0 Å². The first kappa shape index (κ1) is 16.1. The van der Waals surface area contributed by atoms with Crippen LogP contribution in [0.5, 0.6) is 0 Å².